The topological polar surface area (TPSA) is 25.4 Å². The summed E-state index contributed by atoms with van der Waals surface area (Å²) in [6.07, 6.45) is -2.23. The molecule has 2 aromatic rings. The average molecular weight is 270 g/mol. The molecule has 96 valence electrons. The third-order valence-electron chi connectivity index (χ3n) is 3.12. The lowest BCUT2D eigenvalue weighted by molar-refractivity contribution is 0.0614. The molecule has 1 aliphatic rings. The van der Waals surface area contributed by atoms with Gasteiger partial charge in [-0.05, 0) is 18.2 Å². The monoisotopic (exact) mass is 270 g/mol. The van der Waals surface area contributed by atoms with Crippen LogP contribution in [-0.2, 0) is 0 Å². The zero-order chi connectivity index (χ0) is 12.7. The standard InChI is InChI=1S/C12H12F2N2OS/c1-17-8-2-3-9-10(4-8)18-12(15-9)16-5-7(6-16)11(13)14/h2-4,7,11H,5-6H2,1H3. The molecular weight excluding hydrogens is 258 g/mol. The van der Waals surface area contributed by atoms with Gasteiger partial charge in [-0.25, -0.2) is 13.8 Å². The van der Waals surface area contributed by atoms with E-state index in [1.807, 2.05) is 23.1 Å². The summed E-state index contributed by atoms with van der Waals surface area (Å²) >= 11 is 1.51. The van der Waals surface area contributed by atoms with Crippen LogP contribution >= 0.6 is 11.3 Å². The SMILES string of the molecule is COc1ccc2nc(N3CC(C(F)F)C3)sc2c1. The van der Waals surface area contributed by atoms with Crippen LogP contribution in [0, 0.1) is 5.92 Å². The minimum absolute atomic E-state index is 0.397. The van der Waals surface area contributed by atoms with Crippen molar-refractivity contribution in [2.75, 3.05) is 25.1 Å². The van der Waals surface area contributed by atoms with Gasteiger partial charge < -0.3 is 9.64 Å². The van der Waals surface area contributed by atoms with E-state index in [4.69, 9.17) is 4.74 Å². The number of thiazole rings is 1. The molecule has 0 spiro atoms. The first-order chi connectivity index (χ1) is 8.67. The molecule has 18 heavy (non-hydrogen) atoms. The number of alkyl halides is 2. The van der Waals surface area contributed by atoms with E-state index in [0.29, 0.717) is 13.1 Å². The molecule has 3 nitrogen and oxygen atoms in total. The van der Waals surface area contributed by atoms with Crippen molar-refractivity contribution in [3.63, 3.8) is 0 Å². The van der Waals surface area contributed by atoms with E-state index in [1.54, 1.807) is 7.11 Å². The predicted octanol–water partition coefficient (Wildman–Crippen LogP) is 3.01. The van der Waals surface area contributed by atoms with Crippen molar-refractivity contribution in [2.24, 2.45) is 5.92 Å². The van der Waals surface area contributed by atoms with Crippen LogP contribution in [0.4, 0.5) is 13.9 Å². The number of nitrogens with zero attached hydrogens (tertiary/aromatic N) is 2. The average Bonchev–Trinajstić information content (AvgIpc) is 2.68. The highest BCUT2D eigenvalue weighted by Crippen LogP contribution is 2.35. The van der Waals surface area contributed by atoms with Gasteiger partial charge >= 0.3 is 0 Å². The van der Waals surface area contributed by atoms with Crippen LogP contribution in [0.2, 0.25) is 0 Å². The second-order valence-corrected chi connectivity index (χ2v) is 5.34. The number of fused-ring (bicyclic) bond motifs is 1. The molecule has 0 radical (unpaired) electrons. The Morgan fingerprint density at radius 2 is 2.22 bits per heavy atom. The summed E-state index contributed by atoms with van der Waals surface area (Å²) in [5.41, 5.74) is 0.885. The Bertz CT molecular complexity index is 566. The maximum Gasteiger partial charge on any atom is 0.244 e. The summed E-state index contributed by atoms with van der Waals surface area (Å²) in [5.74, 6) is 0.276. The van der Waals surface area contributed by atoms with Crippen molar-refractivity contribution in [2.45, 2.75) is 6.43 Å². The van der Waals surface area contributed by atoms with Crippen molar-refractivity contribution in [3.05, 3.63) is 18.2 Å². The second kappa shape index (κ2) is 4.35. The molecule has 0 N–H and O–H groups in total. The van der Waals surface area contributed by atoms with E-state index in [0.717, 1.165) is 21.1 Å². The quantitative estimate of drug-likeness (QED) is 0.857. The molecule has 1 saturated heterocycles. The van der Waals surface area contributed by atoms with Gasteiger partial charge in [0.2, 0.25) is 6.43 Å². The van der Waals surface area contributed by atoms with Crippen molar-refractivity contribution < 1.29 is 13.5 Å². The molecule has 0 aliphatic carbocycles. The van der Waals surface area contributed by atoms with Crippen LogP contribution in [0.1, 0.15) is 0 Å². The number of rotatable bonds is 3. The van der Waals surface area contributed by atoms with Gasteiger partial charge in [-0.1, -0.05) is 11.3 Å². The lowest BCUT2D eigenvalue weighted by Crippen LogP contribution is -2.50. The summed E-state index contributed by atoms with van der Waals surface area (Å²) in [4.78, 5) is 6.34. The van der Waals surface area contributed by atoms with Crippen LogP contribution in [0.5, 0.6) is 5.75 Å². The third-order valence-corrected chi connectivity index (χ3v) is 4.20. The lowest BCUT2D eigenvalue weighted by atomic mass is 10.0. The molecule has 1 aliphatic heterocycles. The van der Waals surface area contributed by atoms with E-state index in [1.165, 1.54) is 11.3 Å². The van der Waals surface area contributed by atoms with Crippen molar-refractivity contribution >= 4 is 26.7 Å². The summed E-state index contributed by atoms with van der Waals surface area (Å²) in [5, 5.41) is 0.815. The molecule has 0 unspecified atom stereocenters. The fourth-order valence-electron chi connectivity index (χ4n) is 1.98. The van der Waals surface area contributed by atoms with Gasteiger partial charge in [-0.15, -0.1) is 0 Å². The van der Waals surface area contributed by atoms with Gasteiger partial charge in [0.05, 0.1) is 23.2 Å². The number of anilines is 1. The number of hydrogen-bond donors (Lipinski definition) is 0. The first kappa shape index (κ1) is 11.6. The summed E-state index contributed by atoms with van der Waals surface area (Å²) in [6, 6.07) is 5.66. The number of halogens is 2. The largest absolute Gasteiger partial charge is 0.497 e. The maximum absolute atomic E-state index is 12.4. The highest BCUT2D eigenvalue weighted by atomic mass is 32.1. The zero-order valence-electron chi connectivity index (χ0n) is 9.77. The highest BCUT2D eigenvalue weighted by Gasteiger charge is 2.35. The molecule has 0 amide bonds. The Morgan fingerprint density at radius 1 is 1.44 bits per heavy atom. The van der Waals surface area contributed by atoms with Gasteiger partial charge in [0.15, 0.2) is 5.13 Å². The minimum Gasteiger partial charge on any atom is -0.497 e. The molecule has 1 fully saturated rings. The third kappa shape index (κ3) is 1.90. The Morgan fingerprint density at radius 3 is 2.89 bits per heavy atom. The van der Waals surface area contributed by atoms with Crippen molar-refractivity contribution in [1.29, 1.82) is 0 Å². The minimum atomic E-state index is -2.23. The van der Waals surface area contributed by atoms with Gasteiger partial charge in [0.25, 0.3) is 0 Å². The molecule has 0 bridgehead atoms. The van der Waals surface area contributed by atoms with Crippen LogP contribution in [-0.4, -0.2) is 31.6 Å². The fraction of sp³-hybridized carbons (Fsp3) is 0.417. The number of benzene rings is 1. The summed E-state index contributed by atoms with van der Waals surface area (Å²) < 4.78 is 31.0. The van der Waals surface area contributed by atoms with Gasteiger partial charge in [-0.2, -0.15) is 0 Å². The van der Waals surface area contributed by atoms with Gasteiger partial charge in [0.1, 0.15) is 5.75 Å². The number of hydrogen-bond acceptors (Lipinski definition) is 4. The van der Waals surface area contributed by atoms with Crippen LogP contribution in [0.15, 0.2) is 18.2 Å². The Balaban J connectivity index is 1.82. The molecule has 1 aromatic heterocycles. The Hall–Kier alpha value is -1.43. The van der Waals surface area contributed by atoms with Gasteiger partial charge in [-0.3, -0.25) is 0 Å². The van der Waals surface area contributed by atoms with Gasteiger partial charge in [0, 0.05) is 13.1 Å². The zero-order valence-corrected chi connectivity index (χ0v) is 10.6. The molecular formula is C12H12F2N2OS. The smallest absolute Gasteiger partial charge is 0.244 e. The molecule has 2 heterocycles. The van der Waals surface area contributed by atoms with Crippen molar-refractivity contribution in [3.8, 4) is 5.75 Å². The normalized spacial score (nSPS) is 16.3. The van der Waals surface area contributed by atoms with E-state index < -0.39 is 12.3 Å². The lowest BCUT2D eigenvalue weighted by Gasteiger charge is -2.38. The second-order valence-electron chi connectivity index (χ2n) is 4.33. The summed E-state index contributed by atoms with van der Waals surface area (Å²) in [6.45, 7) is 0.795. The first-order valence-corrected chi connectivity index (χ1v) is 6.46. The van der Waals surface area contributed by atoms with E-state index >= 15 is 0 Å². The molecule has 6 heteroatoms. The molecule has 3 rings (SSSR count). The Kier molecular flexibility index (Phi) is 2.81. The van der Waals surface area contributed by atoms with E-state index in [-0.39, 0.29) is 0 Å². The van der Waals surface area contributed by atoms with Crippen LogP contribution in [0.25, 0.3) is 10.2 Å². The van der Waals surface area contributed by atoms with Crippen molar-refractivity contribution in [1.82, 2.24) is 4.98 Å². The molecule has 0 atom stereocenters. The first-order valence-electron chi connectivity index (χ1n) is 5.65. The van der Waals surface area contributed by atoms with Crippen LogP contribution in [0.3, 0.4) is 0 Å². The molecule has 1 aromatic carbocycles. The Labute approximate surface area is 107 Å². The summed E-state index contributed by atoms with van der Waals surface area (Å²) in [7, 11) is 1.62. The fourth-order valence-corrected chi connectivity index (χ4v) is 3.00. The predicted molar refractivity (Wildman–Crippen MR) is 67.9 cm³/mol. The van der Waals surface area contributed by atoms with Crippen LogP contribution < -0.4 is 9.64 Å². The number of aromatic nitrogens is 1. The number of methoxy groups -OCH3 is 1. The maximum atomic E-state index is 12.4. The molecule has 0 saturated carbocycles. The van der Waals surface area contributed by atoms with E-state index in [2.05, 4.69) is 4.98 Å². The number of ether oxygens (including phenoxy) is 1. The highest BCUT2D eigenvalue weighted by molar-refractivity contribution is 7.22. The van der Waals surface area contributed by atoms with E-state index in [9.17, 15) is 8.78 Å².